The number of hydrogen-bond donors (Lipinski definition) is 0. The van der Waals surface area contributed by atoms with Crippen molar-refractivity contribution in [3.8, 4) is 0 Å². The van der Waals surface area contributed by atoms with Gasteiger partial charge in [0.15, 0.2) is 9.58 Å². The fourth-order valence-electron chi connectivity index (χ4n) is 2.36. The van der Waals surface area contributed by atoms with E-state index in [2.05, 4.69) is 0 Å². The molecule has 1 atom stereocenters. The first-order valence-corrected chi connectivity index (χ1v) is 10.0. The average Bonchev–Trinajstić information content (AvgIpc) is 2.63. The lowest BCUT2D eigenvalue weighted by atomic mass is 9.84. The van der Waals surface area contributed by atoms with Crippen molar-refractivity contribution in [1.29, 1.82) is 0 Å². The summed E-state index contributed by atoms with van der Waals surface area (Å²) in [7, 11) is -1.67. The Morgan fingerprint density at radius 3 is 2.14 bits per heavy atom. The van der Waals surface area contributed by atoms with Crippen LogP contribution in [0.3, 0.4) is 0 Å². The number of alkyl halides is 3. The van der Waals surface area contributed by atoms with Gasteiger partial charge < -0.3 is 10.3 Å². The molecular weight excluding hydrogens is 420 g/mol. The first-order valence-electron chi connectivity index (χ1n) is 6.15. The third kappa shape index (κ3) is 4.07. The molecule has 1 aliphatic carbocycles. The Kier molecular flexibility index (Phi) is 5.47. The summed E-state index contributed by atoms with van der Waals surface area (Å²) in [5.41, 5.74) is -4.13. The SMILES string of the molecule is FC(F)(F)[s+]1c(C2CCC2)cc2ccccc21.[O-][I+2]([O-])[O-]. The van der Waals surface area contributed by atoms with Crippen LogP contribution in [0.1, 0.15) is 30.1 Å². The van der Waals surface area contributed by atoms with Crippen LogP contribution in [0.2, 0.25) is 0 Å². The molecule has 21 heavy (non-hydrogen) atoms. The number of hydrogen-bond acceptors (Lipinski definition) is 3. The molecule has 3 nitrogen and oxygen atoms in total. The third-order valence-electron chi connectivity index (χ3n) is 3.41. The summed E-state index contributed by atoms with van der Waals surface area (Å²) < 4.78 is 65.7. The van der Waals surface area contributed by atoms with E-state index in [0.717, 1.165) is 24.6 Å². The van der Waals surface area contributed by atoms with Crippen LogP contribution >= 0.6 is 10.5 Å². The Balaban J connectivity index is 0.000000361. The van der Waals surface area contributed by atoms with Crippen molar-refractivity contribution in [1.82, 2.24) is 0 Å². The van der Waals surface area contributed by atoms with E-state index in [4.69, 9.17) is 10.3 Å². The minimum Gasteiger partial charge on any atom is -0.427 e. The van der Waals surface area contributed by atoms with Gasteiger partial charge in [-0.15, -0.1) is 13.2 Å². The summed E-state index contributed by atoms with van der Waals surface area (Å²) in [6.45, 7) is 0. The molecular formula is C13H12F3IO3S. The molecule has 1 aromatic carbocycles. The van der Waals surface area contributed by atoms with E-state index < -0.39 is 37.0 Å². The van der Waals surface area contributed by atoms with Crippen molar-refractivity contribution in [3.63, 3.8) is 0 Å². The summed E-state index contributed by atoms with van der Waals surface area (Å²) in [5.74, 6) is 0.160. The molecule has 1 fully saturated rings. The Bertz CT molecular complexity index is 605. The highest BCUT2D eigenvalue weighted by Gasteiger charge is 2.49. The first kappa shape index (κ1) is 16.9. The van der Waals surface area contributed by atoms with Crippen LogP contribution in [0.5, 0.6) is 0 Å². The summed E-state index contributed by atoms with van der Waals surface area (Å²) in [6.07, 6.45) is 2.90. The minimum atomic E-state index is -4.13. The summed E-state index contributed by atoms with van der Waals surface area (Å²) in [4.78, 5) is 0.616. The van der Waals surface area contributed by atoms with Crippen LogP contribution in [-0.4, -0.2) is 0 Å². The highest BCUT2D eigenvalue weighted by atomic mass is 127. The number of halogens is 4. The van der Waals surface area contributed by atoms with Gasteiger partial charge >= 0.3 is 5.51 Å². The number of thiophene rings is 1. The number of rotatable bonds is 1. The zero-order chi connectivity index (χ0) is 15.6. The Labute approximate surface area is 131 Å². The molecule has 1 saturated carbocycles. The monoisotopic (exact) mass is 432 g/mol. The van der Waals surface area contributed by atoms with E-state index in [0.29, 0.717) is 9.58 Å². The van der Waals surface area contributed by atoms with Crippen molar-refractivity contribution in [2.24, 2.45) is 0 Å². The second kappa shape index (κ2) is 6.78. The molecule has 8 heteroatoms. The van der Waals surface area contributed by atoms with Crippen LogP contribution in [0.4, 0.5) is 13.2 Å². The topological polar surface area (TPSA) is 69.2 Å². The van der Waals surface area contributed by atoms with Crippen LogP contribution in [0.15, 0.2) is 30.3 Å². The van der Waals surface area contributed by atoms with Crippen molar-refractivity contribution in [3.05, 3.63) is 35.2 Å². The van der Waals surface area contributed by atoms with E-state index in [1.807, 2.05) is 0 Å². The van der Waals surface area contributed by atoms with E-state index in [-0.39, 0.29) is 5.92 Å². The summed E-state index contributed by atoms with van der Waals surface area (Å²) >= 11 is -4.01. The van der Waals surface area contributed by atoms with E-state index >= 15 is 0 Å². The number of benzene rings is 1. The summed E-state index contributed by atoms with van der Waals surface area (Å²) in [5, 5.41) is 0.759. The van der Waals surface area contributed by atoms with Gasteiger partial charge in [0, 0.05) is 17.4 Å². The molecule has 1 aromatic heterocycles. The largest absolute Gasteiger partial charge is 0.600 e. The molecule has 1 unspecified atom stereocenters. The fraction of sp³-hybridized carbons (Fsp3) is 0.385. The van der Waals surface area contributed by atoms with Crippen LogP contribution in [-0.2, 0) is 5.51 Å². The molecule has 1 aliphatic rings. The Hall–Kier alpha value is -0.420. The second-order valence-corrected chi connectivity index (χ2v) is 7.72. The molecule has 2 aromatic rings. The maximum absolute atomic E-state index is 13.2. The van der Waals surface area contributed by atoms with Gasteiger partial charge in [-0.2, -0.15) is 0 Å². The molecule has 3 rings (SSSR count). The zero-order valence-electron chi connectivity index (χ0n) is 10.7. The van der Waals surface area contributed by atoms with Gasteiger partial charge in [0.05, 0.1) is 10.5 Å². The lowest BCUT2D eigenvalue weighted by molar-refractivity contribution is -1.73. The predicted octanol–water partition coefficient (Wildman–Crippen LogP) is -1.23. The van der Waals surface area contributed by atoms with Gasteiger partial charge in [-0.25, -0.2) is 0 Å². The zero-order valence-corrected chi connectivity index (χ0v) is 13.7. The van der Waals surface area contributed by atoms with Gasteiger partial charge in [-0.1, -0.05) is 18.6 Å². The van der Waals surface area contributed by atoms with Crippen LogP contribution in [0.25, 0.3) is 10.1 Å². The van der Waals surface area contributed by atoms with Gasteiger partial charge in [0.1, 0.15) is 0 Å². The van der Waals surface area contributed by atoms with Crippen molar-refractivity contribution in [2.45, 2.75) is 30.7 Å². The van der Waals surface area contributed by atoms with Gasteiger partial charge in [-0.05, 0) is 25.0 Å². The van der Waals surface area contributed by atoms with Crippen LogP contribution < -0.4 is 31.4 Å². The van der Waals surface area contributed by atoms with E-state index in [9.17, 15) is 13.2 Å². The normalized spacial score (nSPS) is 16.6. The van der Waals surface area contributed by atoms with Crippen LogP contribution in [0, 0.1) is 0 Å². The highest BCUT2D eigenvalue weighted by molar-refractivity contribution is 7.38. The minimum absolute atomic E-state index is 0.160. The molecule has 0 N–H and O–H groups in total. The maximum Gasteiger partial charge on any atom is 0.600 e. The van der Waals surface area contributed by atoms with E-state index in [1.54, 1.807) is 30.3 Å². The standard InChI is InChI=1S/C13H12F3S.IO3/c14-13(15,16)17-11-7-2-1-4-10(11)8-12(17)9-5-3-6-9;2-1(3)4/h1-2,4,7-9H,3,5-6H2;/q+1;-1. The molecule has 0 saturated heterocycles. The maximum atomic E-state index is 13.2. The van der Waals surface area contributed by atoms with Gasteiger partial charge in [-0.3, -0.25) is 0 Å². The molecule has 1 heterocycles. The Morgan fingerprint density at radius 2 is 1.67 bits per heavy atom. The first-order chi connectivity index (χ1) is 9.80. The third-order valence-corrected chi connectivity index (χ3v) is 5.61. The highest BCUT2D eigenvalue weighted by Crippen LogP contribution is 2.55. The lowest BCUT2D eigenvalue weighted by Crippen LogP contribution is -4.05. The molecule has 0 radical (unpaired) electrons. The van der Waals surface area contributed by atoms with Crippen molar-refractivity contribution in [2.75, 3.05) is 0 Å². The molecule has 0 bridgehead atoms. The molecule has 0 amide bonds. The smallest absolute Gasteiger partial charge is 0.427 e. The molecule has 0 aliphatic heterocycles. The van der Waals surface area contributed by atoms with Gasteiger partial charge in [0.25, 0.3) is 21.1 Å². The quantitative estimate of drug-likeness (QED) is 0.419. The molecule has 0 spiro atoms. The van der Waals surface area contributed by atoms with Crippen molar-refractivity contribution >= 4 is 20.6 Å². The van der Waals surface area contributed by atoms with Gasteiger partial charge in [0.2, 0.25) is 0 Å². The fourth-order valence-corrected chi connectivity index (χ4v) is 4.52. The molecule has 116 valence electrons. The second-order valence-electron chi connectivity index (χ2n) is 4.65. The lowest BCUT2D eigenvalue weighted by Gasteiger charge is -2.21. The van der Waals surface area contributed by atoms with E-state index in [1.165, 1.54) is 0 Å². The van der Waals surface area contributed by atoms with Crippen molar-refractivity contribution < 1.29 is 44.5 Å². The Morgan fingerprint density at radius 1 is 1.10 bits per heavy atom. The predicted molar refractivity (Wildman–Crippen MR) is 64.3 cm³/mol. The number of fused-ring (bicyclic) bond motifs is 1. The average molecular weight is 432 g/mol. The summed E-state index contributed by atoms with van der Waals surface area (Å²) in [6, 6.07) is 8.68.